The summed E-state index contributed by atoms with van der Waals surface area (Å²) < 4.78 is 1.95. The molecule has 134 valence electrons. The van der Waals surface area contributed by atoms with Gasteiger partial charge in [-0.05, 0) is 23.3 Å². The summed E-state index contributed by atoms with van der Waals surface area (Å²) >= 11 is 0. The molecule has 0 bridgehead atoms. The van der Waals surface area contributed by atoms with E-state index >= 15 is 0 Å². The quantitative estimate of drug-likeness (QED) is 0.522. The highest BCUT2D eigenvalue weighted by Gasteiger charge is 2.17. The molecule has 0 saturated heterocycles. The predicted molar refractivity (Wildman–Crippen MR) is 106 cm³/mol. The van der Waals surface area contributed by atoms with E-state index in [-0.39, 0.29) is 5.91 Å². The molecule has 0 radical (unpaired) electrons. The first-order chi connectivity index (χ1) is 13.3. The van der Waals surface area contributed by atoms with Crippen LogP contribution in [0.25, 0.3) is 5.65 Å². The van der Waals surface area contributed by atoms with Crippen LogP contribution in [0.2, 0.25) is 0 Å². The van der Waals surface area contributed by atoms with Crippen molar-refractivity contribution < 1.29 is 4.79 Å². The SMILES string of the molecule is O=C(Cc1cn2ccccc2n1)N(Cc1ccccc1)Cc1ccccc1. The number of carbonyl (C=O) groups excluding carboxylic acids is 1. The number of amides is 1. The Morgan fingerprint density at radius 3 is 2.00 bits per heavy atom. The minimum Gasteiger partial charge on any atom is -0.334 e. The maximum Gasteiger partial charge on any atom is 0.229 e. The van der Waals surface area contributed by atoms with Gasteiger partial charge in [0, 0.05) is 25.5 Å². The number of fused-ring (bicyclic) bond motifs is 1. The molecule has 2 heterocycles. The Morgan fingerprint density at radius 2 is 1.41 bits per heavy atom. The molecule has 2 aromatic heterocycles. The molecule has 1 amide bonds. The second-order valence-corrected chi connectivity index (χ2v) is 6.60. The molecule has 4 rings (SSSR count). The molecule has 0 aliphatic carbocycles. The molecule has 4 aromatic rings. The van der Waals surface area contributed by atoms with Gasteiger partial charge in [0.15, 0.2) is 0 Å². The van der Waals surface area contributed by atoms with Crippen molar-refractivity contribution >= 4 is 11.6 Å². The average Bonchev–Trinajstić information content (AvgIpc) is 3.11. The van der Waals surface area contributed by atoms with Crippen molar-refractivity contribution in [1.29, 1.82) is 0 Å². The molecule has 2 aromatic carbocycles. The highest BCUT2D eigenvalue weighted by molar-refractivity contribution is 5.78. The van der Waals surface area contributed by atoms with E-state index in [4.69, 9.17) is 0 Å². The number of nitrogens with zero attached hydrogens (tertiary/aromatic N) is 3. The van der Waals surface area contributed by atoms with Crippen LogP contribution < -0.4 is 0 Å². The van der Waals surface area contributed by atoms with Gasteiger partial charge >= 0.3 is 0 Å². The third-order valence-electron chi connectivity index (χ3n) is 4.53. The van der Waals surface area contributed by atoms with Gasteiger partial charge in [-0.15, -0.1) is 0 Å². The highest BCUT2D eigenvalue weighted by atomic mass is 16.2. The molecule has 0 fully saturated rings. The summed E-state index contributed by atoms with van der Waals surface area (Å²) in [5, 5.41) is 0. The normalized spacial score (nSPS) is 10.8. The van der Waals surface area contributed by atoms with E-state index in [1.165, 1.54) is 0 Å². The average molecular weight is 355 g/mol. The van der Waals surface area contributed by atoms with E-state index in [0.29, 0.717) is 19.5 Å². The number of pyridine rings is 1. The monoisotopic (exact) mass is 355 g/mol. The molecule has 0 saturated carbocycles. The number of imidazole rings is 1. The van der Waals surface area contributed by atoms with Crippen molar-refractivity contribution in [3.8, 4) is 0 Å². The van der Waals surface area contributed by atoms with E-state index in [2.05, 4.69) is 29.2 Å². The topological polar surface area (TPSA) is 37.6 Å². The molecule has 0 spiro atoms. The summed E-state index contributed by atoms with van der Waals surface area (Å²) in [5.74, 6) is 0.0751. The molecule has 0 aliphatic rings. The van der Waals surface area contributed by atoms with Crippen molar-refractivity contribution in [2.24, 2.45) is 0 Å². The van der Waals surface area contributed by atoms with Crippen molar-refractivity contribution in [1.82, 2.24) is 14.3 Å². The maximum atomic E-state index is 13.1. The minimum absolute atomic E-state index is 0.0751. The van der Waals surface area contributed by atoms with Crippen molar-refractivity contribution in [3.63, 3.8) is 0 Å². The van der Waals surface area contributed by atoms with Gasteiger partial charge in [-0.1, -0.05) is 66.7 Å². The van der Waals surface area contributed by atoms with Crippen molar-refractivity contribution in [2.75, 3.05) is 0 Å². The van der Waals surface area contributed by atoms with Crippen LogP contribution in [0.5, 0.6) is 0 Å². The van der Waals surface area contributed by atoms with Gasteiger partial charge in [0.1, 0.15) is 5.65 Å². The minimum atomic E-state index is 0.0751. The van der Waals surface area contributed by atoms with E-state index in [1.54, 1.807) is 0 Å². The fraction of sp³-hybridized carbons (Fsp3) is 0.130. The molecule has 0 atom stereocenters. The lowest BCUT2D eigenvalue weighted by atomic mass is 10.1. The van der Waals surface area contributed by atoms with E-state index in [1.807, 2.05) is 76.3 Å². The predicted octanol–water partition coefficient (Wildman–Crippen LogP) is 4.11. The summed E-state index contributed by atoms with van der Waals surface area (Å²) in [7, 11) is 0. The van der Waals surface area contributed by atoms with Crippen LogP contribution in [-0.4, -0.2) is 20.2 Å². The first kappa shape index (κ1) is 17.0. The maximum absolute atomic E-state index is 13.1. The van der Waals surface area contributed by atoms with E-state index in [9.17, 15) is 4.79 Å². The summed E-state index contributed by atoms with van der Waals surface area (Å²) in [6.45, 7) is 1.17. The molecule has 4 heteroatoms. The summed E-state index contributed by atoms with van der Waals surface area (Å²) in [6, 6.07) is 26.0. The fourth-order valence-corrected chi connectivity index (χ4v) is 3.18. The second-order valence-electron chi connectivity index (χ2n) is 6.60. The van der Waals surface area contributed by atoms with Crippen LogP contribution in [-0.2, 0) is 24.3 Å². The van der Waals surface area contributed by atoms with Gasteiger partial charge in [-0.3, -0.25) is 4.79 Å². The summed E-state index contributed by atoms with van der Waals surface area (Å²) in [6.07, 6.45) is 4.17. The molecular formula is C23H21N3O. The summed E-state index contributed by atoms with van der Waals surface area (Å²) in [5.41, 5.74) is 3.89. The highest BCUT2D eigenvalue weighted by Crippen LogP contribution is 2.13. The Hall–Kier alpha value is -3.40. The Balaban J connectivity index is 1.55. The molecular weight excluding hydrogens is 334 g/mol. The van der Waals surface area contributed by atoms with Crippen LogP contribution in [0.4, 0.5) is 0 Å². The first-order valence-corrected chi connectivity index (χ1v) is 9.06. The van der Waals surface area contributed by atoms with Gasteiger partial charge < -0.3 is 9.30 Å². The van der Waals surface area contributed by atoms with Gasteiger partial charge in [-0.25, -0.2) is 4.98 Å². The Kier molecular flexibility index (Phi) is 4.97. The second kappa shape index (κ2) is 7.87. The van der Waals surface area contributed by atoms with E-state index in [0.717, 1.165) is 22.5 Å². The Morgan fingerprint density at radius 1 is 0.815 bits per heavy atom. The van der Waals surface area contributed by atoms with E-state index < -0.39 is 0 Å². The van der Waals surface area contributed by atoms with Crippen LogP contribution in [0, 0.1) is 0 Å². The van der Waals surface area contributed by atoms with Crippen molar-refractivity contribution in [2.45, 2.75) is 19.5 Å². The molecule has 0 aliphatic heterocycles. The zero-order valence-electron chi connectivity index (χ0n) is 15.0. The van der Waals surface area contributed by atoms with Crippen LogP contribution in [0.15, 0.2) is 91.3 Å². The number of carbonyl (C=O) groups is 1. The molecule has 4 nitrogen and oxygen atoms in total. The van der Waals surface area contributed by atoms with Gasteiger partial charge in [0.05, 0.1) is 12.1 Å². The number of hydrogen-bond donors (Lipinski definition) is 0. The molecule has 0 unspecified atom stereocenters. The fourth-order valence-electron chi connectivity index (χ4n) is 3.18. The smallest absolute Gasteiger partial charge is 0.229 e. The number of aromatic nitrogens is 2. The standard InChI is InChI=1S/C23H21N3O/c27-23(15-21-18-25-14-8-7-13-22(25)24-21)26(16-19-9-3-1-4-10-19)17-20-11-5-2-6-12-20/h1-14,18H,15-17H2. The van der Waals surface area contributed by atoms with Crippen LogP contribution in [0.1, 0.15) is 16.8 Å². The number of benzene rings is 2. The van der Waals surface area contributed by atoms with Crippen LogP contribution >= 0.6 is 0 Å². The third-order valence-corrected chi connectivity index (χ3v) is 4.53. The zero-order chi connectivity index (χ0) is 18.5. The molecule has 27 heavy (non-hydrogen) atoms. The Labute approximate surface area is 158 Å². The van der Waals surface area contributed by atoms with Gasteiger partial charge in [0.25, 0.3) is 0 Å². The Bertz CT molecular complexity index is 951. The number of rotatable bonds is 6. The molecule has 0 N–H and O–H groups in total. The van der Waals surface area contributed by atoms with Crippen molar-refractivity contribution in [3.05, 3.63) is 108 Å². The summed E-state index contributed by atoms with van der Waals surface area (Å²) in [4.78, 5) is 19.5. The van der Waals surface area contributed by atoms with Gasteiger partial charge in [0.2, 0.25) is 5.91 Å². The lowest BCUT2D eigenvalue weighted by Crippen LogP contribution is -2.31. The lowest BCUT2D eigenvalue weighted by molar-refractivity contribution is -0.131. The van der Waals surface area contributed by atoms with Gasteiger partial charge in [-0.2, -0.15) is 0 Å². The lowest BCUT2D eigenvalue weighted by Gasteiger charge is -2.23. The van der Waals surface area contributed by atoms with Crippen LogP contribution in [0.3, 0.4) is 0 Å². The largest absolute Gasteiger partial charge is 0.334 e. The third kappa shape index (κ3) is 4.23. The number of hydrogen-bond acceptors (Lipinski definition) is 2. The zero-order valence-corrected chi connectivity index (χ0v) is 15.0. The first-order valence-electron chi connectivity index (χ1n) is 9.06.